The number of aromatic nitrogens is 2. The Kier molecular flexibility index (Phi) is 6.52. The van der Waals surface area contributed by atoms with Crippen molar-refractivity contribution < 1.29 is 19.1 Å². The van der Waals surface area contributed by atoms with Crippen LogP contribution in [0.1, 0.15) is 10.4 Å². The average Bonchev–Trinajstić information content (AvgIpc) is 3.04. The van der Waals surface area contributed by atoms with Crippen LogP contribution < -0.4 is 21.7 Å². The molecule has 0 bridgehead atoms. The van der Waals surface area contributed by atoms with Gasteiger partial charge in [0.25, 0.3) is 5.91 Å². The number of amides is 1. The molecule has 2 aromatic carbocycles. The molecule has 0 aliphatic heterocycles. The summed E-state index contributed by atoms with van der Waals surface area (Å²) in [5.74, 6) is -1.34. The van der Waals surface area contributed by atoms with Gasteiger partial charge in [-0.1, -0.05) is 39.1 Å². The molecular weight excluding hydrogens is 464 g/mol. The number of halogens is 3. The Morgan fingerprint density at radius 3 is 2.79 bits per heavy atom. The zero-order valence-electron chi connectivity index (χ0n) is 15.9. The fourth-order valence-corrected chi connectivity index (χ4v) is 4.18. The molecule has 3 aromatic rings. The molecule has 0 spiro atoms. The van der Waals surface area contributed by atoms with Gasteiger partial charge in [0.2, 0.25) is 0 Å². The molecule has 0 saturated heterocycles. The minimum atomic E-state index is -0.683. The maximum absolute atomic E-state index is 15.4. The number of aryl methyl sites for hydroxylation is 1. The Morgan fingerprint density at radius 2 is 2.14 bits per heavy atom. The van der Waals surface area contributed by atoms with Gasteiger partial charge in [-0.25, -0.2) is 14.9 Å². The molecule has 0 saturated carbocycles. The van der Waals surface area contributed by atoms with Crippen molar-refractivity contribution in [1.29, 1.82) is 0 Å². The van der Waals surface area contributed by atoms with Crippen molar-refractivity contribution in [3.8, 4) is 0 Å². The first kappa shape index (κ1) is 21.6. The number of imidazole rings is 1. The number of anilines is 2. The molecule has 1 aromatic heterocycles. The van der Waals surface area contributed by atoms with Gasteiger partial charge in [-0.05, 0) is 11.5 Å². The summed E-state index contributed by atoms with van der Waals surface area (Å²) >= 11 is 9.71. The lowest BCUT2D eigenvalue weighted by molar-refractivity contribution is 0.0169. The van der Waals surface area contributed by atoms with Crippen LogP contribution in [0.25, 0.3) is 11.0 Å². The standard InChI is InChI=1S/C17H17B2BrClFN4O3/c1-26-6-23-15-12(22)14(24-13-8(18)4-7(20)5-9(13)21)10(11(19)16(15)26)17(28)25-29-3-2-27/h4-6,24,27H,2-3,18-19H2,1H3,(H,25,28). The second-order valence-electron chi connectivity index (χ2n) is 6.45. The smallest absolute Gasteiger partial charge is 0.276 e. The van der Waals surface area contributed by atoms with E-state index in [0.717, 1.165) is 9.94 Å². The summed E-state index contributed by atoms with van der Waals surface area (Å²) in [5.41, 5.74) is 4.57. The molecule has 0 aliphatic carbocycles. The molecule has 12 heteroatoms. The van der Waals surface area contributed by atoms with Crippen LogP contribution in [0.2, 0.25) is 5.02 Å². The predicted octanol–water partition coefficient (Wildman–Crippen LogP) is 0.0424. The van der Waals surface area contributed by atoms with Crippen LogP contribution in [0.15, 0.2) is 22.9 Å². The van der Waals surface area contributed by atoms with Gasteiger partial charge in [0, 0.05) is 11.5 Å². The van der Waals surface area contributed by atoms with E-state index in [1.54, 1.807) is 25.5 Å². The van der Waals surface area contributed by atoms with E-state index >= 15 is 4.39 Å². The molecule has 0 aliphatic rings. The second-order valence-corrected chi connectivity index (χ2v) is 7.77. The maximum atomic E-state index is 15.4. The van der Waals surface area contributed by atoms with Gasteiger partial charge in [-0.3, -0.25) is 9.63 Å². The summed E-state index contributed by atoms with van der Waals surface area (Å²) in [5, 5.41) is 12.2. The van der Waals surface area contributed by atoms with Crippen molar-refractivity contribution in [3.63, 3.8) is 0 Å². The lowest BCUT2D eigenvalue weighted by Crippen LogP contribution is -2.32. The van der Waals surface area contributed by atoms with E-state index in [2.05, 4.69) is 31.7 Å². The topological polar surface area (TPSA) is 88.4 Å². The molecule has 0 radical (unpaired) electrons. The second kappa shape index (κ2) is 8.74. The monoisotopic (exact) mass is 480 g/mol. The molecular formula is C17H17B2BrClFN4O3. The first-order valence-electron chi connectivity index (χ1n) is 8.65. The number of hydrogen-bond donors (Lipinski definition) is 3. The lowest BCUT2D eigenvalue weighted by atomic mass is 9.86. The molecule has 0 unspecified atom stereocenters. The van der Waals surface area contributed by atoms with E-state index < -0.39 is 11.7 Å². The van der Waals surface area contributed by atoms with Crippen molar-refractivity contribution in [1.82, 2.24) is 15.0 Å². The Labute approximate surface area is 181 Å². The van der Waals surface area contributed by atoms with Crippen molar-refractivity contribution in [2.75, 3.05) is 18.5 Å². The third kappa shape index (κ3) is 4.13. The minimum Gasteiger partial charge on any atom is -0.394 e. The van der Waals surface area contributed by atoms with Gasteiger partial charge >= 0.3 is 0 Å². The maximum Gasteiger partial charge on any atom is 0.276 e. The summed E-state index contributed by atoms with van der Waals surface area (Å²) in [7, 11) is 5.23. The predicted molar refractivity (Wildman–Crippen MR) is 120 cm³/mol. The summed E-state index contributed by atoms with van der Waals surface area (Å²) in [4.78, 5) is 21.9. The third-order valence-corrected chi connectivity index (χ3v) is 5.19. The van der Waals surface area contributed by atoms with E-state index in [-0.39, 0.29) is 30.0 Å². The van der Waals surface area contributed by atoms with Crippen LogP contribution in [0.4, 0.5) is 15.8 Å². The number of nitrogens with zero attached hydrogens (tertiary/aromatic N) is 2. The highest BCUT2D eigenvalue weighted by Crippen LogP contribution is 2.32. The van der Waals surface area contributed by atoms with Gasteiger partial charge in [0.05, 0.1) is 47.0 Å². The molecule has 1 amide bonds. The van der Waals surface area contributed by atoms with Crippen molar-refractivity contribution >= 4 is 82.5 Å². The van der Waals surface area contributed by atoms with Crippen molar-refractivity contribution in [3.05, 3.63) is 39.3 Å². The lowest BCUT2D eigenvalue weighted by Gasteiger charge is -2.19. The average molecular weight is 481 g/mol. The van der Waals surface area contributed by atoms with E-state index in [1.807, 2.05) is 13.9 Å². The quantitative estimate of drug-likeness (QED) is 0.263. The first-order valence-corrected chi connectivity index (χ1v) is 9.82. The number of aliphatic hydroxyl groups is 1. The summed E-state index contributed by atoms with van der Waals surface area (Å²) in [6.07, 6.45) is 1.48. The van der Waals surface area contributed by atoms with Gasteiger partial charge in [0.1, 0.15) is 21.2 Å². The van der Waals surface area contributed by atoms with Gasteiger partial charge < -0.3 is 15.0 Å². The van der Waals surface area contributed by atoms with Gasteiger partial charge in [-0.15, -0.1) is 0 Å². The van der Waals surface area contributed by atoms with Crippen LogP contribution in [-0.2, 0) is 11.9 Å². The molecule has 29 heavy (non-hydrogen) atoms. The fourth-order valence-electron chi connectivity index (χ4n) is 3.17. The molecule has 0 atom stereocenters. The van der Waals surface area contributed by atoms with Crippen LogP contribution in [-0.4, -0.2) is 49.5 Å². The van der Waals surface area contributed by atoms with E-state index in [9.17, 15) is 4.79 Å². The molecule has 7 nitrogen and oxygen atoms in total. The molecule has 150 valence electrons. The number of rotatable bonds is 6. The molecule has 3 N–H and O–H groups in total. The fraction of sp³-hybridized carbons (Fsp3) is 0.176. The summed E-state index contributed by atoms with van der Waals surface area (Å²) < 4.78 is 17.9. The molecule has 3 rings (SSSR count). The summed E-state index contributed by atoms with van der Waals surface area (Å²) in [6.45, 7) is -0.366. The zero-order chi connectivity index (χ0) is 21.3. The van der Waals surface area contributed by atoms with Gasteiger partial charge in [-0.2, -0.15) is 0 Å². The minimum absolute atomic E-state index is 0.0509. The number of carbonyl (C=O) groups excluding carboxylic acids is 1. The largest absolute Gasteiger partial charge is 0.394 e. The van der Waals surface area contributed by atoms with Crippen molar-refractivity contribution in [2.45, 2.75) is 0 Å². The number of hydroxylamine groups is 1. The normalized spacial score (nSPS) is 11.1. The van der Waals surface area contributed by atoms with Crippen LogP contribution in [0, 0.1) is 5.82 Å². The Morgan fingerprint density at radius 1 is 1.41 bits per heavy atom. The molecule has 0 fully saturated rings. The van der Waals surface area contributed by atoms with Crippen molar-refractivity contribution in [2.24, 2.45) is 7.05 Å². The highest BCUT2D eigenvalue weighted by Gasteiger charge is 2.26. The highest BCUT2D eigenvalue weighted by molar-refractivity contribution is 9.10. The number of benzene rings is 2. The Bertz CT molecular complexity index is 1090. The highest BCUT2D eigenvalue weighted by atomic mass is 79.9. The van der Waals surface area contributed by atoms with Crippen LogP contribution >= 0.6 is 27.5 Å². The van der Waals surface area contributed by atoms with E-state index in [1.165, 1.54) is 6.33 Å². The SMILES string of the molecule is Bc1cc(Br)cc(Cl)c1Nc1c(C(=O)NOCCO)c(B)c2c(ncn2C)c1F. The van der Waals surface area contributed by atoms with E-state index in [0.29, 0.717) is 21.7 Å². The number of aliphatic hydroxyl groups excluding tert-OH is 1. The number of carbonyl (C=O) groups is 1. The zero-order valence-corrected chi connectivity index (χ0v) is 18.3. The molecule has 1 heterocycles. The van der Waals surface area contributed by atoms with Crippen LogP contribution in [0.5, 0.6) is 0 Å². The van der Waals surface area contributed by atoms with Crippen LogP contribution in [0.3, 0.4) is 0 Å². The van der Waals surface area contributed by atoms with E-state index in [4.69, 9.17) is 21.5 Å². The third-order valence-electron chi connectivity index (χ3n) is 4.43. The Hall–Kier alpha value is -2.07. The Balaban J connectivity index is 2.20. The first-order chi connectivity index (χ1) is 13.8. The van der Waals surface area contributed by atoms with Gasteiger partial charge in [0.15, 0.2) is 5.82 Å². The summed E-state index contributed by atoms with van der Waals surface area (Å²) in [6, 6.07) is 3.49. The number of fused-ring (bicyclic) bond motifs is 1. The number of nitrogens with one attached hydrogen (secondary N) is 2. The number of hydrogen-bond acceptors (Lipinski definition) is 5.